The summed E-state index contributed by atoms with van der Waals surface area (Å²) in [6, 6.07) is 5.47. The summed E-state index contributed by atoms with van der Waals surface area (Å²) in [4.78, 5) is 10.0. The lowest BCUT2D eigenvalue weighted by atomic mass is 10.3. The van der Waals surface area contributed by atoms with Crippen LogP contribution < -0.4 is 5.32 Å². The van der Waals surface area contributed by atoms with Crippen LogP contribution in [0.3, 0.4) is 0 Å². The van der Waals surface area contributed by atoms with Crippen LogP contribution in [-0.2, 0) is 9.05 Å². The zero-order valence-electron chi connectivity index (χ0n) is 6.77. The van der Waals surface area contributed by atoms with Gasteiger partial charge in [-0.1, -0.05) is 12.1 Å². The van der Waals surface area contributed by atoms with Crippen LogP contribution in [0.1, 0.15) is 0 Å². The second-order valence-electron chi connectivity index (χ2n) is 2.36. The van der Waals surface area contributed by atoms with Crippen molar-refractivity contribution in [2.45, 2.75) is 4.90 Å². The average molecular weight is 236 g/mol. The number of carbonyl (C=O) groups is 1. The van der Waals surface area contributed by atoms with E-state index < -0.39 is 15.1 Å². The maximum absolute atomic E-state index is 11.0. The Labute approximate surface area is 84.7 Å². The van der Waals surface area contributed by atoms with Gasteiger partial charge in [0.15, 0.2) is 0 Å². The van der Waals surface area contributed by atoms with Crippen LogP contribution in [-0.4, -0.2) is 19.6 Å². The lowest BCUT2D eigenvalue weighted by molar-refractivity contribution is 0.209. The highest BCUT2D eigenvalue weighted by Gasteiger charge is 2.15. The first-order valence-electron chi connectivity index (χ1n) is 3.45. The Kier molecular flexibility index (Phi) is 2.97. The molecule has 14 heavy (non-hydrogen) atoms. The molecule has 0 bridgehead atoms. The van der Waals surface area contributed by atoms with Gasteiger partial charge in [0.25, 0.3) is 9.05 Å². The highest BCUT2D eigenvalue weighted by Crippen LogP contribution is 2.23. The van der Waals surface area contributed by atoms with Crippen LogP contribution in [0.4, 0.5) is 10.5 Å². The molecule has 0 aromatic heterocycles. The third-order valence-corrected chi connectivity index (χ3v) is 2.77. The maximum atomic E-state index is 11.0. The highest BCUT2D eigenvalue weighted by molar-refractivity contribution is 8.13. The molecular weight excluding hydrogens is 230 g/mol. The molecule has 0 atom stereocenters. The fraction of sp³-hybridized carbons (Fsp3) is 0. The van der Waals surface area contributed by atoms with E-state index in [0.717, 1.165) is 0 Å². The molecule has 0 heterocycles. The van der Waals surface area contributed by atoms with Crippen LogP contribution in [0.5, 0.6) is 0 Å². The number of halogens is 1. The molecule has 1 rings (SSSR count). The number of carboxylic acid groups (broad SMARTS) is 1. The van der Waals surface area contributed by atoms with Crippen LogP contribution >= 0.6 is 10.7 Å². The van der Waals surface area contributed by atoms with Gasteiger partial charge in [-0.15, -0.1) is 0 Å². The van der Waals surface area contributed by atoms with E-state index >= 15 is 0 Å². The molecule has 0 unspecified atom stereocenters. The summed E-state index contributed by atoms with van der Waals surface area (Å²) < 4.78 is 21.9. The maximum Gasteiger partial charge on any atom is 0.409 e. The van der Waals surface area contributed by atoms with E-state index in [1.807, 2.05) is 5.32 Å². The molecule has 5 nitrogen and oxygen atoms in total. The van der Waals surface area contributed by atoms with Gasteiger partial charge in [-0.2, -0.15) is 0 Å². The van der Waals surface area contributed by atoms with Crippen molar-refractivity contribution in [3.8, 4) is 0 Å². The van der Waals surface area contributed by atoms with Crippen molar-refractivity contribution < 1.29 is 18.3 Å². The van der Waals surface area contributed by atoms with E-state index in [1.54, 1.807) is 0 Å². The number of rotatable bonds is 2. The first kappa shape index (κ1) is 10.8. The van der Waals surface area contributed by atoms with Crippen molar-refractivity contribution in [2.24, 2.45) is 0 Å². The molecule has 7 heteroatoms. The highest BCUT2D eigenvalue weighted by atomic mass is 35.7. The molecule has 0 radical (unpaired) electrons. The lowest BCUT2D eigenvalue weighted by Crippen LogP contribution is -2.09. The van der Waals surface area contributed by atoms with E-state index in [4.69, 9.17) is 15.8 Å². The normalized spacial score (nSPS) is 10.9. The monoisotopic (exact) mass is 235 g/mol. The first-order valence-corrected chi connectivity index (χ1v) is 5.76. The van der Waals surface area contributed by atoms with Gasteiger partial charge in [0.1, 0.15) is 4.90 Å². The third kappa shape index (κ3) is 2.61. The summed E-state index contributed by atoms with van der Waals surface area (Å²) in [7, 11) is 1.15. The average Bonchev–Trinajstić information content (AvgIpc) is 2.01. The van der Waals surface area contributed by atoms with Crippen molar-refractivity contribution in [3.63, 3.8) is 0 Å². The van der Waals surface area contributed by atoms with Gasteiger partial charge in [-0.3, -0.25) is 5.32 Å². The molecule has 1 aromatic rings. The van der Waals surface area contributed by atoms with Crippen LogP contribution in [0.2, 0.25) is 0 Å². The van der Waals surface area contributed by atoms with Gasteiger partial charge < -0.3 is 5.11 Å². The predicted molar refractivity (Wildman–Crippen MR) is 51.1 cm³/mol. The quantitative estimate of drug-likeness (QED) is 0.765. The topological polar surface area (TPSA) is 83.5 Å². The number of para-hydroxylation sites is 1. The molecule has 0 spiro atoms. The van der Waals surface area contributed by atoms with Crippen molar-refractivity contribution in [2.75, 3.05) is 5.32 Å². The molecular formula is C7H6ClNO4S. The summed E-state index contributed by atoms with van der Waals surface area (Å²) in [6.07, 6.45) is -1.35. The summed E-state index contributed by atoms with van der Waals surface area (Å²) in [5.41, 5.74) is -0.0602. The first-order chi connectivity index (χ1) is 6.41. The van der Waals surface area contributed by atoms with E-state index in [2.05, 4.69) is 0 Å². The summed E-state index contributed by atoms with van der Waals surface area (Å²) >= 11 is 0. The van der Waals surface area contributed by atoms with E-state index in [-0.39, 0.29) is 10.6 Å². The fourth-order valence-corrected chi connectivity index (χ4v) is 1.92. The Bertz CT molecular complexity index is 457. The molecule has 1 aromatic carbocycles. The van der Waals surface area contributed by atoms with Crippen molar-refractivity contribution in [1.82, 2.24) is 0 Å². The molecule has 2 N–H and O–H groups in total. The molecule has 0 aliphatic heterocycles. The number of anilines is 1. The lowest BCUT2D eigenvalue weighted by Gasteiger charge is -2.04. The van der Waals surface area contributed by atoms with E-state index in [9.17, 15) is 13.2 Å². The van der Waals surface area contributed by atoms with Crippen molar-refractivity contribution >= 4 is 31.5 Å². The third-order valence-electron chi connectivity index (χ3n) is 1.39. The molecule has 76 valence electrons. The van der Waals surface area contributed by atoms with Gasteiger partial charge in [-0.25, -0.2) is 13.2 Å². The molecule has 0 aliphatic carbocycles. The summed E-state index contributed by atoms with van der Waals surface area (Å²) in [5.74, 6) is 0. The van der Waals surface area contributed by atoms with Crippen LogP contribution in [0, 0.1) is 0 Å². The molecule has 0 aliphatic rings. The van der Waals surface area contributed by atoms with Gasteiger partial charge in [0.2, 0.25) is 0 Å². The van der Waals surface area contributed by atoms with Crippen molar-refractivity contribution in [3.05, 3.63) is 24.3 Å². The Balaban J connectivity index is 3.23. The van der Waals surface area contributed by atoms with Gasteiger partial charge in [-0.05, 0) is 12.1 Å². The number of hydrogen-bond donors (Lipinski definition) is 2. The van der Waals surface area contributed by atoms with Gasteiger partial charge in [0, 0.05) is 10.7 Å². The van der Waals surface area contributed by atoms with Gasteiger partial charge >= 0.3 is 6.09 Å². The second kappa shape index (κ2) is 3.85. The zero-order valence-corrected chi connectivity index (χ0v) is 8.34. The smallest absolute Gasteiger partial charge is 0.409 e. The number of amides is 1. The Morgan fingerprint density at radius 3 is 2.43 bits per heavy atom. The fourth-order valence-electron chi connectivity index (χ4n) is 0.898. The van der Waals surface area contributed by atoms with Gasteiger partial charge in [0.05, 0.1) is 5.69 Å². The Morgan fingerprint density at radius 2 is 1.93 bits per heavy atom. The Morgan fingerprint density at radius 1 is 1.36 bits per heavy atom. The number of nitrogens with one attached hydrogen (secondary N) is 1. The van der Waals surface area contributed by atoms with Crippen LogP contribution in [0.25, 0.3) is 0 Å². The largest absolute Gasteiger partial charge is 0.465 e. The number of hydrogen-bond acceptors (Lipinski definition) is 3. The Hall–Kier alpha value is -1.27. The standard InChI is InChI=1S/C7H6ClNO4S/c8-14(12,13)6-4-2-1-3-5(6)9-7(10)11/h1-4,9H,(H,10,11). The van der Waals surface area contributed by atoms with Crippen molar-refractivity contribution in [1.29, 1.82) is 0 Å². The second-order valence-corrected chi connectivity index (χ2v) is 4.90. The molecule has 0 fully saturated rings. The zero-order chi connectivity index (χ0) is 10.8. The number of benzene rings is 1. The van der Waals surface area contributed by atoms with Crippen LogP contribution in [0.15, 0.2) is 29.2 Å². The summed E-state index contributed by atoms with van der Waals surface area (Å²) in [5, 5.41) is 10.3. The summed E-state index contributed by atoms with van der Waals surface area (Å²) in [6.45, 7) is 0. The SMILES string of the molecule is O=C(O)Nc1ccccc1S(=O)(=O)Cl. The minimum atomic E-state index is -3.93. The minimum absolute atomic E-state index is 0.0602. The molecule has 1 amide bonds. The molecule has 0 saturated carbocycles. The molecule has 0 saturated heterocycles. The van der Waals surface area contributed by atoms with E-state index in [1.165, 1.54) is 24.3 Å². The predicted octanol–water partition coefficient (Wildman–Crippen LogP) is 1.70. The van der Waals surface area contributed by atoms with E-state index in [0.29, 0.717) is 0 Å². The minimum Gasteiger partial charge on any atom is -0.465 e.